The number of aromatic nitrogens is 6. The van der Waals surface area contributed by atoms with Crippen LogP contribution in [-0.4, -0.2) is 120 Å². The van der Waals surface area contributed by atoms with Gasteiger partial charge in [-0.15, -0.1) is 10.2 Å². The normalized spacial score (nSPS) is 18.8. The molecule has 3 aliphatic rings. The molecule has 2 aromatic carbocycles. The summed E-state index contributed by atoms with van der Waals surface area (Å²) in [7, 11) is 0. The zero-order chi connectivity index (χ0) is 38.1. The summed E-state index contributed by atoms with van der Waals surface area (Å²) in [6.07, 6.45) is 6.90. The number of hydrogen-bond acceptors (Lipinski definition) is 9. The maximum Gasteiger partial charge on any atom is 0.373 e. The van der Waals surface area contributed by atoms with E-state index in [-0.39, 0.29) is 29.1 Å². The predicted octanol–water partition coefficient (Wildman–Crippen LogP) is 3.40. The molecular weight excluding hydrogens is 703 g/mol. The smallest absolute Gasteiger partial charge is 0.373 e. The third kappa shape index (κ3) is 7.96. The van der Waals surface area contributed by atoms with Crippen molar-refractivity contribution < 1.29 is 19.5 Å². The second-order valence-electron chi connectivity index (χ2n) is 15.2. The summed E-state index contributed by atoms with van der Waals surface area (Å²) in [5.74, 6) is -0.498. The Labute approximate surface area is 317 Å². The lowest BCUT2D eigenvalue weighted by atomic mass is 9.90. The molecule has 0 bridgehead atoms. The highest BCUT2D eigenvalue weighted by Crippen LogP contribution is 2.30. The lowest BCUT2D eigenvalue weighted by Crippen LogP contribution is -2.58. The molecule has 3 aromatic heterocycles. The molecule has 5 aromatic rings. The van der Waals surface area contributed by atoms with E-state index >= 15 is 0 Å². The zero-order valence-electron chi connectivity index (χ0n) is 30.9. The lowest BCUT2D eigenvalue weighted by Gasteiger charge is -2.42. The molecule has 0 radical (unpaired) electrons. The van der Waals surface area contributed by atoms with E-state index in [1.54, 1.807) is 6.20 Å². The lowest BCUT2D eigenvalue weighted by molar-refractivity contribution is -0.134. The molecule has 6 N–H and O–H groups in total. The molecule has 0 unspecified atom stereocenters. The van der Waals surface area contributed by atoms with Crippen LogP contribution in [0.5, 0.6) is 0 Å². The van der Waals surface area contributed by atoms with Crippen molar-refractivity contribution in [2.24, 2.45) is 0 Å². The summed E-state index contributed by atoms with van der Waals surface area (Å²) in [6.45, 7) is 6.06. The number of hydrogen-bond donors (Lipinski definition) is 6. The van der Waals surface area contributed by atoms with Crippen molar-refractivity contribution in [3.8, 4) is 0 Å². The van der Waals surface area contributed by atoms with Gasteiger partial charge in [0.25, 0.3) is 5.56 Å². The minimum atomic E-state index is -1.11. The highest BCUT2D eigenvalue weighted by atomic mass is 16.4. The van der Waals surface area contributed by atoms with E-state index in [4.69, 9.17) is 0 Å². The van der Waals surface area contributed by atoms with Gasteiger partial charge in [0.05, 0.1) is 11.7 Å². The number of carboxylic acids is 1. The first-order valence-corrected chi connectivity index (χ1v) is 19.2. The molecule has 3 aliphatic heterocycles. The van der Waals surface area contributed by atoms with E-state index in [1.807, 2.05) is 59.3 Å². The van der Waals surface area contributed by atoms with Crippen molar-refractivity contribution in [1.29, 1.82) is 0 Å². The molecular formula is C39H47N11O5. The Kier molecular flexibility index (Phi) is 10.3. The summed E-state index contributed by atoms with van der Waals surface area (Å²) in [5.41, 5.74) is 7.41. The topological polar surface area (TPSA) is 208 Å². The van der Waals surface area contributed by atoms with Crippen molar-refractivity contribution in [3.05, 3.63) is 87.4 Å². The highest BCUT2D eigenvalue weighted by Gasteiger charge is 2.34. The molecule has 8 rings (SSSR count). The minimum absolute atomic E-state index is 0.0675. The molecule has 6 heterocycles. The summed E-state index contributed by atoms with van der Waals surface area (Å²) >= 11 is 0. The molecule has 3 saturated heterocycles. The van der Waals surface area contributed by atoms with Crippen molar-refractivity contribution in [1.82, 2.24) is 55.9 Å². The number of aromatic amines is 3. The number of nitrogens with zero attached hydrogens (tertiary/aromatic N) is 6. The van der Waals surface area contributed by atoms with Crippen LogP contribution in [0.1, 0.15) is 83.5 Å². The zero-order valence-corrected chi connectivity index (χ0v) is 30.9. The predicted molar refractivity (Wildman–Crippen MR) is 205 cm³/mol. The van der Waals surface area contributed by atoms with Crippen LogP contribution in [0.3, 0.4) is 0 Å². The van der Waals surface area contributed by atoms with Gasteiger partial charge in [-0.1, -0.05) is 24.3 Å². The van der Waals surface area contributed by atoms with Crippen LogP contribution >= 0.6 is 0 Å². The van der Waals surface area contributed by atoms with Crippen molar-refractivity contribution >= 4 is 39.7 Å². The number of piperidine rings is 3. The Hall–Kier alpha value is -5.61. The molecule has 0 saturated carbocycles. The third-order valence-corrected chi connectivity index (χ3v) is 11.7. The number of carbonyl (C=O) groups excluding carboxylic acids is 2. The van der Waals surface area contributed by atoms with Crippen LogP contribution in [0.25, 0.3) is 21.8 Å². The van der Waals surface area contributed by atoms with Crippen LogP contribution in [0.15, 0.2) is 53.5 Å². The quantitative estimate of drug-likeness (QED) is 0.129. The van der Waals surface area contributed by atoms with Crippen LogP contribution in [0.2, 0.25) is 0 Å². The van der Waals surface area contributed by atoms with Crippen molar-refractivity contribution in [2.45, 2.75) is 75.8 Å². The van der Waals surface area contributed by atoms with Gasteiger partial charge in [0.15, 0.2) is 0 Å². The van der Waals surface area contributed by atoms with Gasteiger partial charge in [0, 0.05) is 61.0 Å². The molecule has 3 fully saturated rings. The van der Waals surface area contributed by atoms with Gasteiger partial charge in [-0.3, -0.25) is 20.1 Å². The number of aromatic carboxylic acids is 1. The number of amides is 3. The fraction of sp³-hybridized carbons (Fsp3) is 0.462. The van der Waals surface area contributed by atoms with Crippen LogP contribution in [0, 0.1) is 6.92 Å². The average Bonchev–Trinajstić information content (AvgIpc) is 3.89. The fourth-order valence-corrected chi connectivity index (χ4v) is 8.73. The molecule has 0 spiro atoms. The van der Waals surface area contributed by atoms with E-state index in [0.717, 1.165) is 77.3 Å². The SMILES string of the molecule is Cc1cc(C[C@@H](NC(=O)NN2CCC(c3cc4ccccc4[nH]c3=O)CC2)C(=O)N2CCC(N3CCC(c4nnc(C(=O)O)[nH]4)CC3)CC2)cc2cn[nH]c12. The Morgan fingerprint density at radius 1 is 0.891 bits per heavy atom. The number of rotatable bonds is 9. The Morgan fingerprint density at radius 2 is 1.64 bits per heavy atom. The van der Waals surface area contributed by atoms with Gasteiger partial charge in [0.2, 0.25) is 11.7 Å². The minimum Gasteiger partial charge on any atom is -0.475 e. The first kappa shape index (κ1) is 36.4. The number of para-hydroxylation sites is 1. The second kappa shape index (κ2) is 15.6. The maximum absolute atomic E-state index is 14.2. The van der Waals surface area contributed by atoms with E-state index in [1.165, 1.54) is 0 Å². The average molecular weight is 750 g/mol. The third-order valence-electron chi connectivity index (χ3n) is 11.7. The first-order valence-electron chi connectivity index (χ1n) is 19.2. The number of carbonyl (C=O) groups is 3. The molecule has 288 valence electrons. The second-order valence-corrected chi connectivity index (χ2v) is 15.2. The van der Waals surface area contributed by atoms with E-state index < -0.39 is 18.0 Å². The molecule has 16 nitrogen and oxygen atoms in total. The largest absolute Gasteiger partial charge is 0.475 e. The van der Waals surface area contributed by atoms with Gasteiger partial charge >= 0.3 is 12.0 Å². The van der Waals surface area contributed by atoms with Crippen molar-refractivity contribution in [2.75, 3.05) is 39.3 Å². The van der Waals surface area contributed by atoms with Crippen molar-refractivity contribution in [3.63, 3.8) is 0 Å². The number of likely N-dealkylation sites (tertiary alicyclic amines) is 2. The molecule has 55 heavy (non-hydrogen) atoms. The van der Waals surface area contributed by atoms with E-state index in [9.17, 15) is 24.3 Å². The summed E-state index contributed by atoms with van der Waals surface area (Å²) in [5, 5.41) is 31.1. The Morgan fingerprint density at radius 3 is 2.38 bits per heavy atom. The summed E-state index contributed by atoms with van der Waals surface area (Å²) < 4.78 is 0. The number of carboxylic acid groups (broad SMARTS) is 1. The number of H-pyrrole nitrogens is 3. The molecule has 1 atom stereocenters. The number of urea groups is 1. The molecule has 16 heteroatoms. The monoisotopic (exact) mass is 749 g/mol. The number of fused-ring (bicyclic) bond motifs is 2. The number of pyridine rings is 1. The Bertz CT molecular complexity index is 2240. The van der Waals surface area contributed by atoms with Gasteiger partial charge in [-0.2, -0.15) is 5.10 Å². The number of benzene rings is 2. The highest BCUT2D eigenvalue weighted by molar-refractivity contribution is 5.88. The summed E-state index contributed by atoms with van der Waals surface area (Å²) in [6, 6.07) is 12.9. The number of aryl methyl sites for hydroxylation is 1. The fourth-order valence-electron chi connectivity index (χ4n) is 8.73. The van der Waals surface area contributed by atoms with Gasteiger partial charge < -0.3 is 30.2 Å². The van der Waals surface area contributed by atoms with Crippen LogP contribution < -0.4 is 16.3 Å². The van der Waals surface area contributed by atoms with E-state index in [2.05, 4.69) is 46.0 Å². The number of nitrogens with one attached hydrogen (secondary N) is 5. The maximum atomic E-state index is 14.2. The van der Waals surface area contributed by atoms with Gasteiger partial charge in [0.1, 0.15) is 11.9 Å². The van der Waals surface area contributed by atoms with Crippen LogP contribution in [-0.2, 0) is 11.2 Å². The molecule has 3 amide bonds. The van der Waals surface area contributed by atoms with Gasteiger partial charge in [-0.05, 0) is 99.2 Å². The van der Waals surface area contributed by atoms with Gasteiger partial charge in [-0.25, -0.2) is 14.6 Å². The first-order chi connectivity index (χ1) is 26.7. The standard InChI is InChI=1S/C39H47N11O5/c1-23-18-24(19-28-22-40-44-33(23)28)20-32(42-39(55)47-50-16-8-25(9-17-50)30-21-27-4-2-3-5-31(27)41-36(30)51)37(52)49-14-10-29(11-15-49)48-12-6-26(7-13-48)34-43-35(38(53)54)46-45-34/h2-5,18-19,21-22,25-26,29,32H,6-17,20H2,1H3,(H,40,44)(H,41,51)(H,53,54)(H2,42,47,55)(H,43,45,46)/t32-/m1/s1. The van der Waals surface area contributed by atoms with E-state index in [0.29, 0.717) is 57.3 Å². The Balaban J connectivity index is 0.883. The molecule has 0 aliphatic carbocycles. The summed E-state index contributed by atoms with van der Waals surface area (Å²) in [4.78, 5) is 62.1. The number of hydrazine groups is 1. The van der Waals surface area contributed by atoms with Crippen LogP contribution in [0.4, 0.5) is 4.79 Å².